The zero-order valence-electron chi connectivity index (χ0n) is 12.2. The fourth-order valence-electron chi connectivity index (χ4n) is 3.01. The van der Waals surface area contributed by atoms with Crippen molar-refractivity contribution in [3.05, 3.63) is 29.3 Å². The van der Waals surface area contributed by atoms with Crippen LogP contribution in [0.3, 0.4) is 0 Å². The minimum atomic E-state index is 0.369. The molecule has 2 aromatic rings. The van der Waals surface area contributed by atoms with Crippen LogP contribution in [-0.2, 0) is 6.42 Å². The van der Waals surface area contributed by atoms with Crippen molar-refractivity contribution in [1.29, 1.82) is 0 Å². The molecule has 4 heteroatoms. The highest BCUT2D eigenvalue weighted by molar-refractivity contribution is 8.00. The van der Waals surface area contributed by atoms with E-state index in [0.717, 1.165) is 18.5 Å². The van der Waals surface area contributed by atoms with Gasteiger partial charge in [-0.3, -0.25) is 0 Å². The molecular weight excluding hydrogens is 284 g/mol. The second-order valence-electron chi connectivity index (χ2n) is 5.65. The van der Waals surface area contributed by atoms with Gasteiger partial charge in [0.1, 0.15) is 0 Å². The lowest BCUT2D eigenvalue weighted by Gasteiger charge is -2.33. The highest BCUT2D eigenvalue weighted by atomic mass is 32.2. The Morgan fingerprint density at radius 3 is 2.95 bits per heavy atom. The molecule has 1 aromatic carbocycles. The number of thioether (sulfide) groups is 1. The van der Waals surface area contributed by atoms with E-state index in [1.807, 2.05) is 11.3 Å². The molecule has 2 unspecified atom stereocenters. The SMILES string of the molecule is CCNC(Cc1nc2ccccc2s1)C1(C)CCCS1. The van der Waals surface area contributed by atoms with Gasteiger partial charge in [-0.05, 0) is 44.2 Å². The van der Waals surface area contributed by atoms with Gasteiger partial charge in [-0.25, -0.2) is 4.98 Å². The minimum absolute atomic E-state index is 0.369. The maximum atomic E-state index is 4.81. The molecular formula is C16H22N2S2. The predicted molar refractivity (Wildman–Crippen MR) is 90.9 cm³/mol. The highest BCUT2D eigenvalue weighted by Crippen LogP contribution is 2.41. The van der Waals surface area contributed by atoms with E-state index in [2.05, 4.69) is 55.2 Å². The Morgan fingerprint density at radius 2 is 2.25 bits per heavy atom. The average Bonchev–Trinajstić information content (AvgIpc) is 3.04. The van der Waals surface area contributed by atoms with Crippen LogP contribution >= 0.6 is 23.1 Å². The van der Waals surface area contributed by atoms with Crippen molar-refractivity contribution in [2.24, 2.45) is 0 Å². The number of thiazole rings is 1. The fourth-order valence-corrected chi connectivity index (χ4v) is 5.43. The van der Waals surface area contributed by atoms with Gasteiger partial charge < -0.3 is 5.32 Å². The Kier molecular flexibility index (Phi) is 4.34. The molecule has 0 amide bonds. The monoisotopic (exact) mass is 306 g/mol. The molecule has 1 aliphatic heterocycles. The summed E-state index contributed by atoms with van der Waals surface area (Å²) < 4.78 is 1.68. The van der Waals surface area contributed by atoms with Gasteiger partial charge in [0, 0.05) is 17.2 Å². The van der Waals surface area contributed by atoms with Crippen LogP contribution in [0.1, 0.15) is 31.7 Å². The van der Waals surface area contributed by atoms with Crippen LogP contribution in [0.4, 0.5) is 0 Å². The summed E-state index contributed by atoms with van der Waals surface area (Å²) in [5.41, 5.74) is 1.15. The second-order valence-corrected chi connectivity index (χ2v) is 8.40. The quantitative estimate of drug-likeness (QED) is 0.900. The maximum absolute atomic E-state index is 4.81. The molecule has 20 heavy (non-hydrogen) atoms. The van der Waals surface area contributed by atoms with Gasteiger partial charge in [-0.2, -0.15) is 11.8 Å². The van der Waals surface area contributed by atoms with E-state index >= 15 is 0 Å². The second kappa shape index (κ2) is 6.04. The third-order valence-electron chi connectivity index (χ3n) is 4.15. The van der Waals surface area contributed by atoms with Crippen molar-refractivity contribution in [3.63, 3.8) is 0 Å². The molecule has 1 N–H and O–H groups in total. The van der Waals surface area contributed by atoms with Crippen molar-refractivity contribution in [1.82, 2.24) is 10.3 Å². The molecule has 1 aliphatic rings. The molecule has 0 radical (unpaired) electrons. The molecule has 1 fully saturated rings. The van der Waals surface area contributed by atoms with Gasteiger partial charge in [-0.1, -0.05) is 19.1 Å². The highest BCUT2D eigenvalue weighted by Gasteiger charge is 2.37. The summed E-state index contributed by atoms with van der Waals surface area (Å²) >= 11 is 3.98. The largest absolute Gasteiger partial charge is 0.312 e. The third-order valence-corrected chi connectivity index (χ3v) is 6.85. The number of benzene rings is 1. The van der Waals surface area contributed by atoms with Crippen LogP contribution in [0.25, 0.3) is 10.2 Å². The number of fused-ring (bicyclic) bond motifs is 1. The first-order valence-corrected chi connectivity index (χ1v) is 9.23. The standard InChI is InChI=1S/C16H22N2S2/c1-3-17-14(16(2)9-6-10-19-16)11-15-18-12-7-4-5-8-13(12)20-15/h4-5,7-8,14,17H,3,6,9-11H2,1-2H3. The first-order chi connectivity index (χ1) is 9.71. The number of likely N-dealkylation sites (N-methyl/N-ethyl adjacent to an activating group) is 1. The summed E-state index contributed by atoms with van der Waals surface area (Å²) in [6, 6.07) is 8.98. The Bertz CT molecular complexity index is 540. The first-order valence-electron chi connectivity index (χ1n) is 7.43. The van der Waals surface area contributed by atoms with Gasteiger partial charge >= 0.3 is 0 Å². The molecule has 0 bridgehead atoms. The summed E-state index contributed by atoms with van der Waals surface area (Å²) in [7, 11) is 0. The number of rotatable bonds is 5. The molecule has 0 aliphatic carbocycles. The number of hydrogen-bond donors (Lipinski definition) is 1. The minimum Gasteiger partial charge on any atom is -0.312 e. The molecule has 2 nitrogen and oxygen atoms in total. The van der Waals surface area contributed by atoms with E-state index in [1.54, 1.807) is 0 Å². The molecule has 2 heterocycles. The molecule has 108 valence electrons. The van der Waals surface area contributed by atoms with Crippen molar-refractivity contribution in [2.45, 2.75) is 43.9 Å². The van der Waals surface area contributed by atoms with Crippen LogP contribution in [0.15, 0.2) is 24.3 Å². The first kappa shape index (κ1) is 14.4. The van der Waals surface area contributed by atoms with Crippen LogP contribution in [-0.4, -0.2) is 28.1 Å². The van der Waals surface area contributed by atoms with Gasteiger partial charge in [0.15, 0.2) is 0 Å². The van der Waals surface area contributed by atoms with Crippen LogP contribution in [0, 0.1) is 0 Å². The summed E-state index contributed by atoms with van der Waals surface area (Å²) in [6.45, 7) is 5.66. The summed E-state index contributed by atoms with van der Waals surface area (Å²) in [4.78, 5) is 4.81. The Labute approximate surface area is 129 Å². The topological polar surface area (TPSA) is 24.9 Å². The van der Waals surface area contributed by atoms with Crippen LogP contribution < -0.4 is 5.32 Å². The van der Waals surface area contributed by atoms with Crippen LogP contribution in [0.5, 0.6) is 0 Å². The van der Waals surface area contributed by atoms with Gasteiger partial charge in [0.25, 0.3) is 0 Å². The number of hydrogen-bond acceptors (Lipinski definition) is 4. The third kappa shape index (κ3) is 2.87. The smallest absolute Gasteiger partial charge is 0.0954 e. The van der Waals surface area contributed by atoms with Crippen molar-refractivity contribution >= 4 is 33.3 Å². The Balaban J connectivity index is 1.82. The van der Waals surface area contributed by atoms with Crippen molar-refractivity contribution in [2.75, 3.05) is 12.3 Å². The molecule has 1 saturated heterocycles. The lowest BCUT2D eigenvalue weighted by atomic mass is 9.93. The van der Waals surface area contributed by atoms with E-state index in [0.29, 0.717) is 10.8 Å². The molecule has 1 aromatic heterocycles. The zero-order valence-corrected chi connectivity index (χ0v) is 13.8. The lowest BCUT2D eigenvalue weighted by Crippen LogP contribution is -2.46. The zero-order chi connectivity index (χ0) is 14.0. The number of para-hydroxylation sites is 1. The molecule has 3 rings (SSSR count). The number of nitrogens with one attached hydrogen (secondary N) is 1. The van der Waals surface area contributed by atoms with Crippen LogP contribution in [0.2, 0.25) is 0 Å². The molecule has 0 spiro atoms. The van der Waals surface area contributed by atoms with E-state index < -0.39 is 0 Å². The normalized spacial score (nSPS) is 24.3. The lowest BCUT2D eigenvalue weighted by molar-refractivity contribution is 0.406. The molecule has 2 atom stereocenters. The van der Waals surface area contributed by atoms with Gasteiger partial charge in [0.2, 0.25) is 0 Å². The fraction of sp³-hybridized carbons (Fsp3) is 0.562. The maximum Gasteiger partial charge on any atom is 0.0954 e. The molecule has 0 saturated carbocycles. The number of nitrogens with zero attached hydrogens (tertiary/aromatic N) is 1. The van der Waals surface area contributed by atoms with Gasteiger partial charge in [-0.15, -0.1) is 11.3 Å². The van der Waals surface area contributed by atoms with Gasteiger partial charge in [0.05, 0.1) is 15.2 Å². The van der Waals surface area contributed by atoms with Crippen molar-refractivity contribution < 1.29 is 0 Å². The average molecular weight is 307 g/mol. The predicted octanol–water partition coefficient (Wildman–Crippen LogP) is 4.10. The van der Waals surface area contributed by atoms with Crippen molar-refractivity contribution in [3.8, 4) is 0 Å². The van der Waals surface area contributed by atoms with E-state index in [1.165, 1.54) is 28.3 Å². The van der Waals surface area contributed by atoms with E-state index in [9.17, 15) is 0 Å². The van der Waals surface area contributed by atoms with E-state index in [4.69, 9.17) is 4.98 Å². The Hall–Kier alpha value is -0.580. The Morgan fingerprint density at radius 1 is 1.40 bits per heavy atom. The summed E-state index contributed by atoms with van der Waals surface area (Å²) in [5.74, 6) is 1.30. The number of aromatic nitrogens is 1. The summed E-state index contributed by atoms with van der Waals surface area (Å²) in [5, 5.41) is 4.97. The summed E-state index contributed by atoms with van der Waals surface area (Å²) in [6.07, 6.45) is 3.72. The van der Waals surface area contributed by atoms with E-state index in [-0.39, 0.29) is 0 Å².